The van der Waals surface area contributed by atoms with Gasteiger partial charge in [-0.15, -0.1) is 0 Å². The topological polar surface area (TPSA) is 66.4 Å². The summed E-state index contributed by atoms with van der Waals surface area (Å²) < 4.78 is 11.7. The Morgan fingerprint density at radius 2 is 2.06 bits per heavy atom. The molecule has 170 valence electrons. The van der Waals surface area contributed by atoms with E-state index in [4.69, 9.17) is 9.47 Å². The van der Waals surface area contributed by atoms with Gasteiger partial charge in [0.15, 0.2) is 5.96 Å². The molecule has 3 aliphatic heterocycles. The lowest BCUT2D eigenvalue weighted by Gasteiger charge is -2.34. The van der Waals surface area contributed by atoms with Crippen LogP contribution in [0.1, 0.15) is 44.1 Å². The number of anilines is 1. The van der Waals surface area contributed by atoms with E-state index in [2.05, 4.69) is 27.3 Å². The van der Waals surface area contributed by atoms with E-state index in [1.165, 1.54) is 5.56 Å². The molecule has 1 atom stereocenters. The molecular weight excluding hydrogens is 392 g/mol. The number of nitrogens with one attached hydrogen (secondary N) is 1. The van der Waals surface area contributed by atoms with Gasteiger partial charge in [0.1, 0.15) is 0 Å². The Bertz CT molecular complexity index is 755. The van der Waals surface area contributed by atoms with Gasteiger partial charge in [-0.1, -0.05) is 18.2 Å². The predicted molar refractivity (Wildman–Crippen MR) is 123 cm³/mol. The standard InChI is InChI=1S/C24H36N4O3/c1-25-24(27-14-11-20(12-15-27)31-18-21-7-5-17-30-21)26-13-4-9-23(29)28-16-10-19-6-2-3-8-22(19)28/h2-3,6,8,20-21H,4-5,7,9-18H2,1H3,(H,25,26). The summed E-state index contributed by atoms with van der Waals surface area (Å²) in [5.74, 6) is 1.14. The molecule has 2 saturated heterocycles. The minimum atomic E-state index is 0.214. The van der Waals surface area contributed by atoms with E-state index in [0.29, 0.717) is 18.6 Å². The van der Waals surface area contributed by atoms with Crippen molar-refractivity contribution < 1.29 is 14.3 Å². The first-order valence-electron chi connectivity index (χ1n) is 11.8. The first-order chi connectivity index (χ1) is 15.2. The Morgan fingerprint density at radius 3 is 2.84 bits per heavy atom. The third-order valence-electron chi connectivity index (χ3n) is 6.53. The van der Waals surface area contributed by atoms with E-state index < -0.39 is 0 Å². The van der Waals surface area contributed by atoms with E-state index in [1.54, 1.807) is 0 Å². The van der Waals surface area contributed by atoms with Gasteiger partial charge in [-0.3, -0.25) is 9.79 Å². The van der Waals surface area contributed by atoms with Crippen LogP contribution in [0.4, 0.5) is 5.69 Å². The zero-order valence-corrected chi connectivity index (χ0v) is 18.7. The number of benzene rings is 1. The van der Waals surface area contributed by atoms with Gasteiger partial charge in [-0.2, -0.15) is 0 Å². The molecular formula is C24H36N4O3. The normalized spacial score (nSPS) is 22.1. The highest BCUT2D eigenvalue weighted by molar-refractivity contribution is 5.95. The predicted octanol–water partition coefficient (Wildman–Crippen LogP) is 2.59. The van der Waals surface area contributed by atoms with Crippen molar-refractivity contribution >= 4 is 17.6 Å². The number of hydrogen-bond acceptors (Lipinski definition) is 4. The molecule has 0 aliphatic carbocycles. The van der Waals surface area contributed by atoms with Crippen LogP contribution >= 0.6 is 0 Å². The number of aliphatic imine (C=N–C) groups is 1. The van der Waals surface area contributed by atoms with Crippen LogP contribution in [0, 0.1) is 0 Å². The van der Waals surface area contributed by atoms with Crippen molar-refractivity contribution in [3.8, 4) is 0 Å². The zero-order chi connectivity index (χ0) is 21.5. The molecule has 0 radical (unpaired) electrons. The number of piperidine rings is 1. The largest absolute Gasteiger partial charge is 0.376 e. The molecule has 1 aromatic carbocycles. The van der Waals surface area contributed by atoms with Gasteiger partial charge < -0.3 is 24.6 Å². The summed E-state index contributed by atoms with van der Waals surface area (Å²) in [5.41, 5.74) is 2.36. The van der Waals surface area contributed by atoms with E-state index in [9.17, 15) is 4.79 Å². The molecule has 1 unspecified atom stereocenters. The van der Waals surface area contributed by atoms with Crippen LogP contribution in [0.3, 0.4) is 0 Å². The second kappa shape index (κ2) is 11.0. The van der Waals surface area contributed by atoms with Crippen LogP contribution in [0.5, 0.6) is 0 Å². The number of carbonyl (C=O) groups is 1. The minimum absolute atomic E-state index is 0.214. The Labute approximate surface area is 185 Å². The molecule has 0 spiro atoms. The average Bonchev–Trinajstić information content (AvgIpc) is 3.48. The van der Waals surface area contributed by atoms with E-state index in [-0.39, 0.29) is 5.91 Å². The summed E-state index contributed by atoms with van der Waals surface area (Å²) in [6.07, 6.45) is 7.24. The molecule has 7 nitrogen and oxygen atoms in total. The van der Waals surface area contributed by atoms with Gasteiger partial charge in [0, 0.05) is 51.9 Å². The molecule has 4 rings (SSSR count). The highest BCUT2D eigenvalue weighted by Crippen LogP contribution is 2.28. The number of para-hydroxylation sites is 1. The summed E-state index contributed by atoms with van der Waals surface area (Å²) in [5, 5.41) is 3.44. The molecule has 31 heavy (non-hydrogen) atoms. The number of rotatable bonds is 7. The van der Waals surface area contributed by atoms with E-state index >= 15 is 0 Å². The number of ether oxygens (including phenoxy) is 2. The lowest BCUT2D eigenvalue weighted by Crippen LogP contribution is -2.47. The van der Waals surface area contributed by atoms with Gasteiger partial charge in [0.2, 0.25) is 5.91 Å². The van der Waals surface area contributed by atoms with Crippen LogP contribution in [0.25, 0.3) is 0 Å². The first kappa shape index (κ1) is 22.1. The fourth-order valence-corrected chi connectivity index (χ4v) is 4.76. The van der Waals surface area contributed by atoms with Crippen LogP contribution in [0.2, 0.25) is 0 Å². The maximum atomic E-state index is 12.7. The van der Waals surface area contributed by atoms with Crippen molar-refractivity contribution in [1.82, 2.24) is 10.2 Å². The highest BCUT2D eigenvalue weighted by atomic mass is 16.5. The first-order valence-corrected chi connectivity index (χ1v) is 11.8. The van der Waals surface area contributed by atoms with Crippen molar-refractivity contribution in [2.75, 3.05) is 51.3 Å². The van der Waals surface area contributed by atoms with Gasteiger partial charge in [-0.25, -0.2) is 0 Å². The Kier molecular flexibility index (Phi) is 7.81. The minimum Gasteiger partial charge on any atom is -0.376 e. The number of amides is 1. The van der Waals surface area contributed by atoms with Crippen LogP contribution in [-0.2, 0) is 20.7 Å². The van der Waals surface area contributed by atoms with Crippen LogP contribution in [0.15, 0.2) is 29.3 Å². The molecule has 3 heterocycles. The lowest BCUT2D eigenvalue weighted by atomic mass is 10.1. The summed E-state index contributed by atoms with van der Waals surface area (Å²) in [4.78, 5) is 21.3. The Hall–Kier alpha value is -2.12. The van der Waals surface area contributed by atoms with Crippen molar-refractivity contribution in [3.05, 3.63) is 29.8 Å². The van der Waals surface area contributed by atoms with Crippen molar-refractivity contribution in [1.29, 1.82) is 0 Å². The second-order valence-electron chi connectivity index (χ2n) is 8.66. The number of likely N-dealkylation sites (tertiary alicyclic amines) is 1. The molecule has 1 aromatic rings. The molecule has 1 N–H and O–H groups in total. The van der Waals surface area contributed by atoms with Crippen molar-refractivity contribution in [2.45, 2.75) is 57.2 Å². The number of carbonyl (C=O) groups excluding carboxylic acids is 1. The Balaban J connectivity index is 1.13. The molecule has 1 amide bonds. The SMILES string of the molecule is CN=C(NCCCC(=O)N1CCc2ccccc21)N1CCC(OCC2CCCO2)CC1. The maximum absolute atomic E-state index is 12.7. The molecule has 7 heteroatoms. The molecule has 0 bridgehead atoms. The third kappa shape index (κ3) is 5.77. The number of guanidine groups is 1. The summed E-state index contributed by atoms with van der Waals surface area (Å²) in [6.45, 7) is 5.05. The number of nitrogens with zero attached hydrogens (tertiary/aromatic N) is 3. The summed E-state index contributed by atoms with van der Waals surface area (Å²) >= 11 is 0. The number of fused-ring (bicyclic) bond motifs is 1. The Morgan fingerprint density at radius 1 is 1.23 bits per heavy atom. The van der Waals surface area contributed by atoms with Gasteiger partial charge in [-0.05, 0) is 50.2 Å². The zero-order valence-electron chi connectivity index (χ0n) is 18.7. The molecule has 2 fully saturated rings. The highest BCUT2D eigenvalue weighted by Gasteiger charge is 2.25. The number of hydrogen-bond donors (Lipinski definition) is 1. The maximum Gasteiger partial charge on any atom is 0.227 e. The third-order valence-corrected chi connectivity index (χ3v) is 6.53. The lowest BCUT2D eigenvalue weighted by molar-refractivity contribution is -0.118. The van der Waals surface area contributed by atoms with Crippen molar-refractivity contribution in [3.63, 3.8) is 0 Å². The van der Waals surface area contributed by atoms with E-state index in [1.807, 2.05) is 24.1 Å². The molecule has 0 saturated carbocycles. The van der Waals surface area contributed by atoms with Crippen molar-refractivity contribution in [2.24, 2.45) is 4.99 Å². The van der Waals surface area contributed by atoms with Gasteiger partial charge in [0.25, 0.3) is 0 Å². The quantitative estimate of drug-likeness (QED) is 0.411. The van der Waals surface area contributed by atoms with E-state index in [0.717, 1.165) is 89.6 Å². The monoisotopic (exact) mass is 428 g/mol. The van der Waals surface area contributed by atoms with Gasteiger partial charge in [0.05, 0.1) is 18.8 Å². The van der Waals surface area contributed by atoms with Crippen LogP contribution < -0.4 is 10.2 Å². The summed E-state index contributed by atoms with van der Waals surface area (Å²) in [7, 11) is 1.83. The summed E-state index contributed by atoms with van der Waals surface area (Å²) in [6, 6.07) is 8.22. The average molecular weight is 429 g/mol. The molecule has 3 aliphatic rings. The fraction of sp³-hybridized carbons (Fsp3) is 0.667. The fourth-order valence-electron chi connectivity index (χ4n) is 4.76. The second-order valence-corrected chi connectivity index (χ2v) is 8.66. The molecule has 0 aromatic heterocycles. The van der Waals surface area contributed by atoms with Crippen LogP contribution in [-0.4, -0.2) is 75.4 Å². The van der Waals surface area contributed by atoms with Gasteiger partial charge >= 0.3 is 0 Å². The smallest absolute Gasteiger partial charge is 0.227 e.